The van der Waals surface area contributed by atoms with E-state index in [1.807, 2.05) is 49.8 Å². The number of fused-ring (bicyclic) bond motifs is 1. The third kappa shape index (κ3) is 3.77. The van der Waals surface area contributed by atoms with Gasteiger partial charge < -0.3 is 10.5 Å². The highest BCUT2D eigenvalue weighted by molar-refractivity contribution is 9.10. The lowest BCUT2D eigenvalue weighted by Gasteiger charge is -2.22. The first-order valence-corrected chi connectivity index (χ1v) is 11.2. The molecule has 0 bridgehead atoms. The predicted octanol–water partition coefficient (Wildman–Crippen LogP) is 5.96. The summed E-state index contributed by atoms with van der Waals surface area (Å²) in [7, 11) is 0. The molecule has 8 heteroatoms. The molecule has 1 unspecified atom stereocenters. The number of aromatic nitrogens is 4. The van der Waals surface area contributed by atoms with Crippen molar-refractivity contribution in [1.82, 2.24) is 19.4 Å². The fourth-order valence-electron chi connectivity index (χ4n) is 3.89. The van der Waals surface area contributed by atoms with Crippen molar-refractivity contribution in [3.05, 3.63) is 69.1 Å². The number of hydrogen-bond donors (Lipinski definition) is 1. The first-order valence-electron chi connectivity index (χ1n) is 9.99. The Bertz CT molecular complexity index is 1290. The van der Waals surface area contributed by atoms with Gasteiger partial charge >= 0.3 is 0 Å². The third-order valence-electron chi connectivity index (χ3n) is 5.38. The molecule has 3 aromatic heterocycles. The van der Waals surface area contributed by atoms with Gasteiger partial charge in [0.1, 0.15) is 21.7 Å². The fraction of sp³-hybridized carbons (Fsp3) is 0.261. The maximum Gasteiger partial charge on any atom is 0.150 e. The van der Waals surface area contributed by atoms with E-state index < -0.39 is 0 Å². The van der Waals surface area contributed by atoms with Crippen molar-refractivity contribution >= 4 is 38.9 Å². The summed E-state index contributed by atoms with van der Waals surface area (Å²) in [6.07, 6.45) is 7.20. The summed E-state index contributed by atoms with van der Waals surface area (Å²) in [5.41, 5.74) is 11.7. The minimum atomic E-state index is -0.128. The van der Waals surface area contributed by atoms with Crippen LogP contribution in [-0.4, -0.2) is 26.0 Å². The SMILES string of the molecule is CCOc1c(C(C)c2nc(Br)c3c(N)nccn23)cc(Cl)c(C)c1-c1cncc(C)c1. The summed E-state index contributed by atoms with van der Waals surface area (Å²) in [5, 5.41) is 0.669. The molecule has 0 radical (unpaired) electrons. The van der Waals surface area contributed by atoms with E-state index in [1.54, 1.807) is 6.20 Å². The quantitative estimate of drug-likeness (QED) is 0.366. The van der Waals surface area contributed by atoms with Gasteiger partial charge in [-0.25, -0.2) is 9.97 Å². The number of hydrogen-bond acceptors (Lipinski definition) is 5. The molecule has 0 amide bonds. The molecule has 1 aromatic carbocycles. The highest BCUT2D eigenvalue weighted by atomic mass is 79.9. The monoisotopic (exact) mass is 499 g/mol. The van der Waals surface area contributed by atoms with Crippen molar-refractivity contribution in [3.8, 4) is 16.9 Å². The van der Waals surface area contributed by atoms with Gasteiger partial charge in [0.15, 0.2) is 5.82 Å². The number of nitrogens with zero attached hydrogens (tertiary/aromatic N) is 4. The van der Waals surface area contributed by atoms with Crippen LogP contribution in [0, 0.1) is 13.8 Å². The van der Waals surface area contributed by atoms with Crippen LogP contribution >= 0.6 is 27.5 Å². The van der Waals surface area contributed by atoms with E-state index in [-0.39, 0.29) is 5.92 Å². The van der Waals surface area contributed by atoms with Crippen molar-refractivity contribution in [2.24, 2.45) is 0 Å². The van der Waals surface area contributed by atoms with Crippen LogP contribution in [0.3, 0.4) is 0 Å². The van der Waals surface area contributed by atoms with Crippen LogP contribution < -0.4 is 10.5 Å². The summed E-state index contributed by atoms with van der Waals surface area (Å²) in [5.74, 6) is 1.89. The summed E-state index contributed by atoms with van der Waals surface area (Å²) in [6, 6.07) is 4.06. The highest BCUT2D eigenvalue weighted by Gasteiger charge is 2.26. The fourth-order valence-corrected chi connectivity index (χ4v) is 4.68. The number of halogens is 2. The smallest absolute Gasteiger partial charge is 0.150 e. The molecule has 4 rings (SSSR count). The largest absolute Gasteiger partial charge is 0.493 e. The van der Waals surface area contributed by atoms with E-state index >= 15 is 0 Å². The molecule has 0 saturated heterocycles. The molecular weight excluding hydrogens is 478 g/mol. The second kappa shape index (κ2) is 8.48. The van der Waals surface area contributed by atoms with Crippen molar-refractivity contribution in [2.45, 2.75) is 33.6 Å². The molecule has 4 aromatic rings. The van der Waals surface area contributed by atoms with Gasteiger partial charge in [0, 0.05) is 52.4 Å². The van der Waals surface area contributed by atoms with Crippen molar-refractivity contribution in [1.29, 1.82) is 0 Å². The van der Waals surface area contributed by atoms with Crippen LogP contribution in [-0.2, 0) is 0 Å². The highest BCUT2D eigenvalue weighted by Crippen LogP contribution is 2.44. The van der Waals surface area contributed by atoms with E-state index in [9.17, 15) is 0 Å². The van der Waals surface area contributed by atoms with Crippen LogP contribution in [0.4, 0.5) is 5.82 Å². The second-order valence-corrected chi connectivity index (χ2v) is 8.63. The predicted molar refractivity (Wildman–Crippen MR) is 128 cm³/mol. The van der Waals surface area contributed by atoms with E-state index in [0.29, 0.717) is 22.1 Å². The molecule has 0 aliphatic heterocycles. The normalized spacial score (nSPS) is 12.3. The zero-order valence-corrected chi connectivity index (χ0v) is 20.1. The van der Waals surface area contributed by atoms with E-state index in [4.69, 9.17) is 27.1 Å². The number of pyridine rings is 1. The lowest BCUT2D eigenvalue weighted by molar-refractivity contribution is 0.336. The molecule has 1 atom stereocenters. The zero-order chi connectivity index (χ0) is 22.3. The van der Waals surface area contributed by atoms with Crippen LogP contribution in [0.1, 0.15) is 42.3 Å². The Morgan fingerprint density at radius 3 is 2.74 bits per heavy atom. The van der Waals surface area contributed by atoms with Crippen LogP contribution in [0.15, 0.2) is 41.5 Å². The number of anilines is 1. The summed E-state index contributed by atoms with van der Waals surface area (Å²) in [6.45, 7) is 8.61. The molecule has 0 spiro atoms. The number of aryl methyl sites for hydroxylation is 1. The first kappa shape index (κ1) is 21.6. The maximum atomic E-state index is 6.72. The Morgan fingerprint density at radius 2 is 2.03 bits per heavy atom. The topological polar surface area (TPSA) is 78.3 Å². The van der Waals surface area contributed by atoms with E-state index in [1.165, 1.54) is 0 Å². The van der Waals surface area contributed by atoms with Gasteiger partial charge in [-0.2, -0.15) is 0 Å². The molecule has 0 aliphatic carbocycles. The van der Waals surface area contributed by atoms with Gasteiger partial charge in [-0.1, -0.05) is 18.5 Å². The average molecular weight is 501 g/mol. The number of imidazole rings is 1. The minimum Gasteiger partial charge on any atom is -0.493 e. The summed E-state index contributed by atoms with van der Waals surface area (Å²) in [4.78, 5) is 13.3. The molecule has 2 N–H and O–H groups in total. The van der Waals surface area contributed by atoms with Crippen LogP contribution in [0.25, 0.3) is 16.6 Å². The zero-order valence-electron chi connectivity index (χ0n) is 17.8. The Kier molecular flexibility index (Phi) is 5.90. The lowest BCUT2D eigenvalue weighted by atomic mass is 9.91. The molecule has 0 fully saturated rings. The Morgan fingerprint density at radius 1 is 1.26 bits per heavy atom. The van der Waals surface area contributed by atoms with Gasteiger partial charge in [0.2, 0.25) is 0 Å². The summed E-state index contributed by atoms with van der Waals surface area (Å²) >= 11 is 10.2. The van der Waals surface area contributed by atoms with Gasteiger partial charge in [0.05, 0.1) is 6.61 Å². The molecular formula is C23H23BrClN5O. The Balaban J connectivity index is 1.98. The van der Waals surface area contributed by atoms with Crippen LogP contribution in [0.5, 0.6) is 5.75 Å². The number of benzene rings is 1. The van der Waals surface area contributed by atoms with Gasteiger partial charge in [-0.15, -0.1) is 0 Å². The van der Waals surface area contributed by atoms with Crippen LogP contribution in [0.2, 0.25) is 5.02 Å². The maximum absolute atomic E-state index is 6.72. The average Bonchev–Trinajstić information content (AvgIpc) is 3.08. The molecule has 0 saturated carbocycles. The van der Waals surface area contributed by atoms with Crippen molar-refractivity contribution in [3.63, 3.8) is 0 Å². The Hall–Kier alpha value is -2.64. The lowest BCUT2D eigenvalue weighted by Crippen LogP contribution is -2.08. The van der Waals surface area contributed by atoms with Crippen molar-refractivity contribution < 1.29 is 4.74 Å². The number of ether oxygens (including phenoxy) is 1. The molecule has 6 nitrogen and oxygen atoms in total. The van der Waals surface area contributed by atoms with E-state index in [0.717, 1.165) is 44.9 Å². The standard InChI is InChI=1S/C23H23BrClN5O/c1-5-31-20-16(9-17(25)14(4)18(20)15-8-12(2)10-27-11-15)13(3)23-29-21(24)19-22(26)28-6-7-30(19)23/h6-11,13H,5H2,1-4H3,(H2,26,28). The van der Waals surface area contributed by atoms with Gasteiger partial charge in [-0.3, -0.25) is 9.38 Å². The molecule has 0 aliphatic rings. The minimum absolute atomic E-state index is 0.128. The molecule has 31 heavy (non-hydrogen) atoms. The third-order valence-corrected chi connectivity index (χ3v) is 6.32. The number of rotatable bonds is 5. The van der Waals surface area contributed by atoms with Gasteiger partial charge in [0.25, 0.3) is 0 Å². The Labute approximate surface area is 194 Å². The molecule has 3 heterocycles. The van der Waals surface area contributed by atoms with Crippen molar-refractivity contribution in [2.75, 3.05) is 12.3 Å². The first-order chi connectivity index (χ1) is 14.8. The van der Waals surface area contributed by atoms with Gasteiger partial charge in [-0.05, 0) is 60.0 Å². The van der Waals surface area contributed by atoms with E-state index in [2.05, 4.69) is 38.9 Å². The molecule has 160 valence electrons. The number of nitrogen functional groups attached to an aromatic ring is 1. The number of nitrogens with two attached hydrogens (primary N) is 1. The second-order valence-electron chi connectivity index (χ2n) is 7.47. The summed E-state index contributed by atoms with van der Waals surface area (Å²) < 4.78 is 8.82.